The van der Waals surface area contributed by atoms with Gasteiger partial charge in [0.2, 0.25) is 0 Å². The average molecular weight is 263 g/mol. The molecule has 0 saturated carbocycles. The second-order valence-corrected chi connectivity index (χ2v) is 4.77. The molecule has 2 rings (SSSR count). The topological polar surface area (TPSA) is 76.4 Å². The third-order valence-electron chi connectivity index (χ3n) is 3.23. The summed E-state index contributed by atoms with van der Waals surface area (Å²) in [6.07, 6.45) is 1.61. The number of benzene rings is 1. The molecule has 1 aromatic rings. The Labute approximate surface area is 113 Å². The fourth-order valence-corrected chi connectivity index (χ4v) is 2.09. The van der Waals surface area contributed by atoms with Crippen molar-refractivity contribution in [3.05, 3.63) is 35.9 Å². The molecular formula is C14H21N3O2. The first-order valence-corrected chi connectivity index (χ1v) is 6.68. The summed E-state index contributed by atoms with van der Waals surface area (Å²) in [6.45, 7) is 1.90. The summed E-state index contributed by atoms with van der Waals surface area (Å²) in [5.41, 5.74) is 7.14. The number of ether oxygens (including phenoxy) is 1. The number of nitrogens with one attached hydrogen (secondary N) is 2. The average Bonchev–Trinajstić information content (AvgIpc) is 2.92. The third-order valence-corrected chi connectivity index (χ3v) is 3.23. The van der Waals surface area contributed by atoms with Gasteiger partial charge in [0.15, 0.2) is 0 Å². The second kappa shape index (κ2) is 7.11. The van der Waals surface area contributed by atoms with Gasteiger partial charge in [0.1, 0.15) is 0 Å². The molecule has 1 aromatic carbocycles. The van der Waals surface area contributed by atoms with Crippen molar-refractivity contribution in [3.8, 4) is 0 Å². The molecule has 104 valence electrons. The lowest BCUT2D eigenvalue weighted by molar-refractivity contribution is 0.188. The minimum absolute atomic E-state index is 0.0451. The Morgan fingerprint density at radius 1 is 1.42 bits per heavy atom. The fourth-order valence-electron chi connectivity index (χ4n) is 2.09. The van der Waals surface area contributed by atoms with Crippen LogP contribution in [0.2, 0.25) is 0 Å². The Bertz CT molecular complexity index is 391. The van der Waals surface area contributed by atoms with Crippen LogP contribution in [0.15, 0.2) is 30.3 Å². The number of hydrogen-bond donors (Lipinski definition) is 3. The highest BCUT2D eigenvalue weighted by molar-refractivity contribution is 5.74. The van der Waals surface area contributed by atoms with Gasteiger partial charge in [-0.2, -0.15) is 0 Å². The summed E-state index contributed by atoms with van der Waals surface area (Å²) in [4.78, 5) is 11.6. The zero-order valence-electron chi connectivity index (χ0n) is 11.0. The number of rotatable bonds is 5. The molecule has 0 aliphatic carbocycles. The Kier molecular flexibility index (Phi) is 5.18. The standard InChI is InChI=1S/C14H21N3O2/c15-13(11-4-2-1-3-5-11)6-8-16-14(18)17-12-7-9-19-10-12/h1-5,12-13H,6-10,15H2,(H2,16,17,18). The third kappa shape index (κ3) is 4.54. The summed E-state index contributed by atoms with van der Waals surface area (Å²) < 4.78 is 5.20. The Morgan fingerprint density at radius 2 is 2.21 bits per heavy atom. The zero-order valence-corrected chi connectivity index (χ0v) is 11.0. The second-order valence-electron chi connectivity index (χ2n) is 4.77. The quantitative estimate of drug-likeness (QED) is 0.746. The number of carbonyl (C=O) groups is 1. The molecular weight excluding hydrogens is 242 g/mol. The molecule has 2 unspecified atom stereocenters. The Balaban J connectivity index is 1.64. The van der Waals surface area contributed by atoms with Crippen LogP contribution < -0.4 is 16.4 Å². The molecule has 0 spiro atoms. The summed E-state index contributed by atoms with van der Waals surface area (Å²) in [5, 5.41) is 5.70. The molecule has 5 nitrogen and oxygen atoms in total. The van der Waals surface area contributed by atoms with E-state index in [0.29, 0.717) is 13.2 Å². The van der Waals surface area contributed by atoms with Crippen molar-refractivity contribution in [1.82, 2.24) is 10.6 Å². The van der Waals surface area contributed by atoms with Gasteiger partial charge in [-0.1, -0.05) is 30.3 Å². The summed E-state index contributed by atoms with van der Waals surface area (Å²) in [5.74, 6) is 0. The first-order chi connectivity index (χ1) is 9.25. The molecule has 2 atom stereocenters. The molecule has 1 saturated heterocycles. The van der Waals surface area contributed by atoms with Crippen LogP contribution in [-0.4, -0.2) is 31.8 Å². The van der Waals surface area contributed by atoms with E-state index in [1.807, 2.05) is 30.3 Å². The lowest BCUT2D eigenvalue weighted by Crippen LogP contribution is -2.43. The highest BCUT2D eigenvalue weighted by atomic mass is 16.5. The van der Waals surface area contributed by atoms with Gasteiger partial charge in [0.25, 0.3) is 0 Å². The van der Waals surface area contributed by atoms with E-state index in [1.165, 1.54) is 0 Å². The van der Waals surface area contributed by atoms with Crippen LogP contribution in [0.3, 0.4) is 0 Å². The SMILES string of the molecule is NC(CCNC(=O)NC1CCOC1)c1ccccc1. The predicted molar refractivity (Wildman–Crippen MR) is 73.7 cm³/mol. The molecule has 5 heteroatoms. The molecule has 1 fully saturated rings. The molecule has 0 aromatic heterocycles. The van der Waals surface area contributed by atoms with E-state index in [4.69, 9.17) is 10.5 Å². The van der Waals surface area contributed by atoms with Crippen LogP contribution in [0, 0.1) is 0 Å². The maximum absolute atomic E-state index is 11.6. The van der Waals surface area contributed by atoms with Gasteiger partial charge in [-0.15, -0.1) is 0 Å². The van der Waals surface area contributed by atoms with Crippen LogP contribution >= 0.6 is 0 Å². The summed E-state index contributed by atoms with van der Waals surface area (Å²) in [7, 11) is 0. The van der Waals surface area contributed by atoms with Crippen molar-refractivity contribution in [2.24, 2.45) is 5.73 Å². The van der Waals surface area contributed by atoms with Crippen molar-refractivity contribution in [2.75, 3.05) is 19.8 Å². The number of amides is 2. The van der Waals surface area contributed by atoms with Gasteiger partial charge in [-0.3, -0.25) is 0 Å². The number of carbonyl (C=O) groups excluding carboxylic acids is 1. The van der Waals surface area contributed by atoms with Crippen molar-refractivity contribution in [3.63, 3.8) is 0 Å². The summed E-state index contributed by atoms with van der Waals surface area (Å²) in [6, 6.07) is 9.85. The van der Waals surface area contributed by atoms with E-state index in [0.717, 1.165) is 25.0 Å². The maximum atomic E-state index is 11.6. The molecule has 0 bridgehead atoms. The van der Waals surface area contributed by atoms with Gasteiger partial charge >= 0.3 is 6.03 Å². The summed E-state index contributed by atoms with van der Waals surface area (Å²) >= 11 is 0. The number of nitrogens with two attached hydrogens (primary N) is 1. The van der Waals surface area contributed by atoms with Crippen LogP contribution in [0.4, 0.5) is 4.79 Å². The van der Waals surface area contributed by atoms with Crippen molar-refractivity contribution in [1.29, 1.82) is 0 Å². The zero-order chi connectivity index (χ0) is 13.5. The number of hydrogen-bond acceptors (Lipinski definition) is 3. The minimum atomic E-state index is -0.143. The van der Waals surface area contributed by atoms with E-state index in [-0.39, 0.29) is 18.1 Å². The van der Waals surface area contributed by atoms with Gasteiger partial charge in [0, 0.05) is 19.2 Å². The Hall–Kier alpha value is -1.59. The molecule has 4 N–H and O–H groups in total. The molecule has 1 aliphatic rings. The fraction of sp³-hybridized carbons (Fsp3) is 0.500. The Morgan fingerprint density at radius 3 is 2.89 bits per heavy atom. The van der Waals surface area contributed by atoms with E-state index in [1.54, 1.807) is 0 Å². The normalized spacial score (nSPS) is 19.9. The smallest absolute Gasteiger partial charge is 0.315 e. The van der Waals surface area contributed by atoms with Gasteiger partial charge in [-0.05, 0) is 18.4 Å². The minimum Gasteiger partial charge on any atom is -0.379 e. The van der Waals surface area contributed by atoms with E-state index < -0.39 is 0 Å². The van der Waals surface area contributed by atoms with Crippen molar-refractivity contribution in [2.45, 2.75) is 24.9 Å². The van der Waals surface area contributed by atoms with Crippen molar-refractivity contribution < 1.29 is 9.53 Å². The van der Waals surface area contributed by atoms with Gasteiger partial charge in [0.05, 0.1) is 12.6 Å². The highest BCUT2D eigenvalue weighted by Crippen LogP contribution is 2.12. The van der Waals surface area contributed by atoms with Gasteiger partial charge < -0.3 is 21.1 Å². The maximum Gasteiger partial charge on any atom is 0.315 e. The monoisotopic (exact) mass is 263 g/mol. The first kappa shape index (κ1) is 13.8. The molecule has 1 aliphatic heterocycles. The molecule has 2 amide bonds. The molecule has 1 heterocycles. The lowest BCUT2D eigenvalue weighted by atomic mass is 10.1. The van der Waals surface area contributed by atoms with E-state index in [9.17, 15) is 4.79 Å². The lowest BCUT2D eigenvalue weighted by Gasteiger charge is -2.14. The van der Waals surface area contributed by atoms with Crippen molar-refractivity contribution >= 4 is 6.03 Å². The predicted octanol–water partition coefficient (Wildman–Crippen LogP) is 1.16. The van der Waals surface area contributed by atoms with E-state index in [2.05, 4.69) is 10.6 Å². The van der Waals surface area contributed by atoms with Crippen LogP contribution in [0.5, 0.6) is 0 Å². The highest BCUT2D eigenvalue weighted by Gasteiger charge is 2.17. The van der Waals surface area contributed by atoms with Gasteiger partial charge in [-0.25, -0.2) is 4.79 Å². The molecule has 19 heavy (non-hydrogen) atoms. The number of urea groups is 1. The molecule has 0 radical (unpaired) electrons. The van der Waals surface area contributed by atoms with Crippen LogP contribution in [0.1, 0.15) is 24.4 Å². The van der Waals surface area contributed by atoms with Crippen LogP contribution in [0.25, 0.3) is 0 Å². The van der Waals surface area contributed by atoms with E-state index >= 15 is 0 Å². The largest absolute Gasteiger partial charge is 0.379 e. The first-order valence-electron chi connectivity index (χ1n) is 6.68. The van der Waals surface area contributed by atoms with Crippen LogP contribution in [-0.2, 0) is 4.74 Å².